The second-order valence-electron chi connectivity index (χ2n) is 6.83. The third-order valence-corrected chi connectivity index (χ3v) is 3.55. The maximum atomic E-state index is 12.2. The van der Waals surface area contributed by atoms with Gasteiger partial charge in [0.25, 0.3) is 11.7 Å². The predicted octanol–water partition coefficient (Wildman–Crippen LogP) is 1.33. The highest BCUT2D eigenvalue weighted by atomic mass is 16.6. The Kier molecular flexibility index (Phi) is 5.97. The van der Waals surface area contributed by atoms with E-state index in [1.807, 2.05) is 6.07 Å². The first kappa shape index (κ1) is 19.9. The molecule has 0 heterocycles. The number of benzene rings is 1. The van der Waals surface area contributed by atoms with Gasteiger partial charge in [-0.05, 0) is 33.3 Å². The number of aliphatic hydroxyl groups is 1. The third kappa shape index (κ3) is 4.69. The molecular formula is C17H26N2O5. The van der Waals surface area contributed by atoms with E-state index < -0.39 is 28.9 Å². The molecule has 0 aliphatic carbocycles. The summed E-state index contributed by atoms with van der Waals surface area (Å²) in [5.74, 6) is -3.53. The number of alkyl carbamates (subject to hydrolysis) is 1. The number of amides is 2. The molecule has 1 rings (SSSR count). The molecule has 1 aromatic rings. The molecule has 4 N–H and O–H groups in total. The van der Waals surface area contributed by atoms with Gasteiger partial charge in [-0.1, -0.05) is 30.3 Å². The van der Waals surface area contributed by atoms with Gasteiger partial charge in [-0.25, -0.2) is 4.79 Å². The van der Waals surface area contributed by atoms with Crippen LogP contribution in [0, 0.1) is 0 Å². The molecule has 7 nitrogen and oxygen atoms in total. The first-order valence-electron chi connectivity index (χ1n) is 7.56. The van der Waals surface area contributed by atoms with Gasteiger partial charge in [0.05, 0.1) is 0 Å². The van der Waals surface area contributed by atoms with E-state index >= 15 is 0 Å². The third-order valence-electron chi connectivity index (χ3n) is 3.55. The van der Waals surface area contributed by atoms with Crippen molar-refractivity contribution in [2.75, 3.05) is 7.11 Å². The van der Waals surface area contributed by atoms with Crippen molar-refractivity contribution >= 4 is 12.0 Å². The van der Waals surface area contributed by atoms with E-state index in [2.05, 4.69) is 5.32 Å². The number of carbonyl (C=O) groups excluding carboxylic acids is 2. The van der Waals surface area contributed by atoms with Gasteiger partial charge in [0.1, 0.15) is 11.1 Å². The number of methoxy groups -OCH3 is 1. The molecule has 24 heavy (non-hydrogen) atoms. The lowest BCUT2D eigenvalue weighted by molar-refractivity contribution is -0.224. The van der Waals surface area contributed by atoms with Gasteiger partial charge in [0.15, 0.2) is 0 Å². The molecule has 0 aliphatic heterocycles. The molecule has 2 atom stereocenters. The number of hydrogen-bond donors (Lipinski definition) is 3. The fourth-order valence-corrected chi connectivity index (χ4v) is 2.38. The fraction of sp³-hybridized carbons (Fsp3) is 0.529. The number of nitrogens with one attached hydrogen (secondary N) is 1. The van der Waals surface area contributed by atoms with Crippen LogP contribution in [0.25, 0.3) is 0 Å². The Hall–Kier alpha value is -2.12. The zero-order valence-corrected chi connectivity index (χ0v) is 14.8. The lowest BCUT2D eigenvalue weighted by Crippen LogP contribution is -2.70. The van der Waals surface area contributed by atoms with E-state index in [-0.39, 0.29) is 6.42 Å². The average molecular weight is 338 g/mol. The van der Waals surface area contributed by atoms with Gasteiger partial charge >= 0.3 is 6.09 Å². The molecule has 7 heteroatoms. The summed E-state index contributed by atoms with van der Waals surface area (Å²) >= 11 is 0. The molecule has 1 aromatic carbocycles. The summed E-state index contributed by atoms with van der Waals surface area (Å²) in [5, 5.41) is 13.2. The van der Waals surface area contributed by atoms with Gasteiger partial charge in [-0.2, -0.15) is 0 Å². The lowest BCUT2D eigenvalue weighted by Gasteiger charge is -2.42. The van der Waals surface area contributed by atoms with Crippen LogP contribution in [-0.4, -0.2) is 41.1 Å². The normalized spacial score (nSPS) is 16.6. The van der Waals surface area contributed by atoms with Gasteiger partial charge < -0.3 is 25.6 Å². The highest BCUT2D eigenvalue weighted by Gasteiger charge is 2.54. The van der Waals surface area contributed by atoms with Crippen LogP contribution in [0.2, 0.25) is 0 Å². The quantitative estimate of drug-likeness (QED) is 0.678. The predicted molar refractivity (Wildman–Crippen MR) is 89.1 cm³/mol. The first-order valence-corrected chi connectivity index (χ1v) is 7.56. The van der Waals surface area contributed by atoms with Crippen LogP contribution in [0.5, 0.6) is 0 Å². The second kappa shape index (κ2) is 7.19. The maximum absolute atomic E-state index is 12.2. The molecule has 2 amide bonds. The van der Waals surface area contributed by atoms with Crippen molar-refractivity contribution in [3.8, 4) is 0 Å². The van der Waals surface area contributed by atoms with Crippen LogP contribution in [0.3, 0.4) is 0 Å². The Labute approximate surface area is 142 Å². The van der Waals surface area contributed by atoms with Crippen molar-refractivity contribution in [3.63, 3.8) is 0 Å². The molecule has 0 saturated heterocycles. The number of carbonyl (C=O) groups is 2. The minimum Gasteiger partial charge on any atom is -0.444 e. The minimum absolute atomic E-state index is 0.0976. The molecule has 0 spiro atoms. The van der Waals surface area contributed by atoms with E-state index in [0.29, 0.717) is 0 Å². The Balaban J connectivity index is 3.20. The van der Waals surface area contributed by atoms with Crippen molar-refractivity contribution in [3.05, 3.63) is 35.9 Å². The highest BCUT2D eigenvalue weighted by Crippen LogP contribution is 2.28. The van der Waals surface area contributed by atoms with Crippen LogP contribution < -0.4 is 11.1 Å². The van der Waals surface area contributed by atoms with E-state index in [1.165, 1.54) is 6.92 Å². The number of hydrogen-bond acceptors (Lipinski definition) is 5. The summed E-state index contributed by atoms with van der Waals surface area (Å²) < 4.78 is 10.2. The first-order chi connectivity index (χ1) is 10.9. The Morgan fingerprint density at radius 2 is 1.71 bits per heavy atom. The van der Waals surface area contributed by atoms with E-state index in [9.17, 15) is 14.7 Å². The van der Waals surface area contributed by atoms with E-state index in [0.717, 1.165) is 12.7 Å². The van der Waals surface area contributed by atoms with Crippen LogP contribution in [0.15, 0.2) is 30.3 Å². The monoisotopic (exact) mass is 338 g/mol. The summed E-state index contributed by atoms with van der Waals surface area (Å²) in [5.41, 5.74) is 3.80. The van der Waals surface area contributed by atoms with Crippen LogP contribution in [0.1, 0.15) is 33.3 Å². The topological polar surface area (TPSA) is 111 Å². The van der Waals surface area contributed by atoms with E-state index in [1.54, 1.807) is 45.0 Å². The van der Waals surface area contributed by atoms with Crippen molar-refractivity contribution in [2.24, 2.45) is 5.73 Å². The standard InChI is InChI=1S/C17H26N2O5/c1-15(2,3)24-14(21)19-16(4,17(22,23-5)13(18)20)11-12-9-7-6-8-10-12/h6-10,22H,11H2,1-5H3,(H2,18,20)(H,19,21)/t16-,17-/m1/s1. The van der Waals surface area contributed by atoms with Crippen molar-refractivity contribution in [1.82, 2.24) is 5.32 Å². The van der Waals surface area contributed by atoms with Crippen LogP contribution in [-0.2, 0) is 20.7 Å². The zero-order valence-electron chi connectivity index (χ0n) is 14.8. The lowest BCUT2D eigenvalue weighted by atomic mass is 9.83. The summed E-state index contributed by atoms with van der Waals surface area (Å²) in [4.78, 5) is 24.0. The molecule has 0 fully saturated rings. The van der Waals surface area contributed by atoms with Gasteiger partial charge in [-0.15, -0.1) is 0 Å². The van der Waals surface area contributed by atoms with Crippen molar-refractivity contribution in [2.45, 2.75) is 51.0 Å². The number of rotatable bonds is 6. The van der Waals surface area contributed by atoms with Crippen LogP contribution in [0.4, 0.5) is 4.79 Å². The van der Waals surface area contributed by atoms with Gasteiger partial charge in [0, 0.05) is 13.5 Å². The summed E-state index contributed by atoms with van der Waals surface area (Å²) in [6.07, 6.45) is -0.696. The van der Waals surface area contributed by atoms with Crippen LogP contribution >= 0.6 is 0 Å². The second-order valence-corrected chi connectivity index (χ2v) is 6.83. The molecular weight excluding hydrogens is 312 g/mol. The zero-order chi connectivity index (χ0) is 18.6. The summed E-state index contributed by atoms with van der Waals surface area (Å²) in [6, 6.07) is 9.04. The SMILES string of the molecule is CO[C@](O)(C(N)=O)[C@@](C)(Cc1ccccc1)NC(=O)OC(C)(C)C. The molecule has 0 aromatic heterocycles. The molecule has 0 aliphatic rings. The Bertz CT molecular complexity index is 584. The average Bonchev–Trinajstić information content (AvgIpc) is 2.44. The Morgan fingerprint density at radius 1 is 1.17 bits per heavy atom. The number of ether oxygens (including phenoxy) is 2. The minimum atomic E-state index is -2.42. The molecule has 0 saturated carbocycles. The smallest absolute Gasteiger partial charge is 0.408 e. The molecule has 0 bridgehead atoms. The van der Waals surface area contributed by atoms with Gasteiger partial charge in [0.2, 0.25) is 0 Å². The Morgan fingerprint density at radius 3 is 2.12 bits per heavy atom. The van der Waals surface area contributed by atoms with E-state index in [4.69, 9.17) is 15.2 Å². The molecule has 134 valence electrons. The molecule has 0 radical (unpaired) electrons. The van der Waals surface area contributed by atoms with Crippen molar-refractivity contribution < 1.29 is 24.2 Å². The molecule has 0 unspecified atom stereocenters. The summed E-state index contributed by atoms with van der Waals surface area (Å²) in [6.45, 7) is 6.59. The number of primary amides is 1. The van der Waals surface area contributed by atoms with Gasteiger partial charge in [-0.3, -0.25) is 4.79 Å². The van der Waals surface area contributed by atoms with Crippen molar-refractivity contribution in [1.29, 1.82) is 0 Å². The maximum Gasteiger partial charge on any atom is 0.408 e. The number of nitrogens with two attached hydrogens (primary N) is 1. The highest BCUT2D eigenvalue weighted by molar-refractivity contribution is 5.84. The largest absolute Gasteiger partial charge is 0.444 e. The summed E-state index contributed by atoms with van der Waals surface area (Å²) in [7, 11) is 1.14. The fourth-order valence-electron chi connectivity index (χ4n) is 2.38.